The van der Waals surface area contributed by atoms with Gasteiger partial charge in [0.15, 0.2) is 0 Å². The number of hydroxylamine groups is 2. The molecule has 2 aliphatic rings. The van der Waals surface area contributed by atoms with Crippen molar-refractivity contribution in [3.63, 3.8) is 0 Å². The molecule has 3 atom stereocenters. The van der Waals surface area contributed by atoms with E-state index in [4.69, 9.17) is 4.84 Å². The van der Waals surface area contributed by atoms with Gasteiger partial charge in [-0.1, -0.05) is 60.7 Å². The molecule has 0 radical (unpaired) electrons. The number of hydrogen-bond donors (Lipinski definition) is 0. The number of nitrogens with zero attached hydrogens (tertiary/aromatic N) is 1. The van der Waals surface area contributed by atoms with E-state index in [2.05, 4.69) is 25.8 Å². The van der Waals surface area contributed by atoms with Gasteiger partial charge in [0.05, 0.1) is 11.8 Å². The summed E-state index contributed by atoms with van der Waals surface area (Å²) in [7, 11) is -2.82. The molecule has 0 N–H and O–H groups in total. The zero-order valence-corrected chi connectivity index (χ0v) is 16.0. The predicted octanol–water partition coefficient (Wildman–Crippen LogP) is 3.95. The molecule has 2 aromatic rings. The van der Waals surface area contributed by atoms with Crippen molar-refractivity contribution in [1.29, 1.82) is 0 Å². The minimum absolute atomic E-state index is 0.00584. The van der Waals surface area contributed by atoms with Gasteiger partial charge < -0.3 is 4.57 Å². The van der Waals surface area contributed by atoms with E-state index in [0.29, 0.717) is 0 Å². The fourth-order valence-corrected chi connectivity index (χ4v) is 8.21. The molecule has 0 aromatic heterocycles. The van der Waals surface area contributed by atoms with Crippen LogP contribution in [0, 0.1) is 0 Å². The molecule has 2 aromatic carbocycles. The van der Waals surface area contributed by atoms with Gasteiger partial charge in [0.1, 0.15) is 7.14 Å². The largest absolute Gasteiger partial charge is 0.313 e. The summed E-state index contributed by atoms with van der Waals surface area (Å²) in [5.41, 5.74) is -0.00891. The van der Waals surface area contributed by atoms with Gasteiger partial charge in [-0.25, -0.2) is 0 Å². The van der Waals surface area contributed by atoms with E-state index in [1.54, 1.807) is 0 Å². The Morgan fingerprint density at radius 1 is 1.00 bits per heavy atom. The molecule has 4 rings (SSSR count). The molecule has 2 saturated heterocycles. The lowest BCUT2D eigenvalue weighted by atomic mass is 10.0. The number of hydrogen-bond acceptors (Lipinski definition) is 3. The Kier molecular flexibility index (Phi) is 4.15. The van der Waals surface area contributed by atoms with Crippen LogP contribution in [0.1, 0.15) is 33.6 Å². The second kappa shape index (κ2) is 6.09. The summed E-state index contributed by atoms with van der Waals surface area (Å²) >= 11 is 0. The quantitative estimate of drug-likeness (QED) is 0.781. The first-order chi connectivity index (χ1) is 11.9. The van der Waals surface area contributed by atoms with Gasteiger partial charge in [0, 0.05) is 22.2 Å². The van der Waals surface area contributed by atoms with Crippen LogP contribution in [0.2, 0.25) is 0 Å². The van der Waals surface area contributed by atoms with E-state index in [0.717, 1.165) is 23.5 Å². The SMILES string of the molecule is C[C@H]1ON2[C@H](CCC2(C)C)[C@H]1P(=O)(c1ccccc1)c1ccccc1. The molecule has 25 heavy (non-hydrogen) atoms. The summed E-state index contributed by atoms with van der Waals surface area (Å²) < 4.78 is 14.7. The van der Waals surface area contributed by atoms with Crippen LogP contribution < -0.4 is 10.6 Å². The number of fused-ring (bicyclic) bond motifs is 1. The van der Waals surface area contributed by atoms with Crippen LogP contribution in [0.15, 0.2) is 60.7 Å². The van der Waals surface area contributed by atoms with E-state index in [-0.39, 0.29) is 23.3 Å². The highest BCUT2D eigenvalue weighted by atomic mass is 31.2. The van der Waals surface area contributed by atoms with E-state index in [9.17, 15) is 4.57 Å². The van der Waals surface area contributed by atoms with Gasteiger partial charge in [-0.15, -0.1) is 0 Å². The van der Waals surface area contributed by atoms with Crippen molar-refractivity contribution in [2.45, 2.75) is 57.0 Å². The van der Waals surface area contributed by atoms with Crippen molar-refractivity contribution in [3.05, 3.63) is 60.7 Å². The van der Waals surface area contributed by atoms with Crippen molar-refractivity contribution in [2.75, 3.05) is 0 Å². The van der Waals surface area contributed by atoms with Crippen molar-refractivity contribution < 1.29 is 9.40 Å². The molecular weight excluding hydrogens is 329 g/mol. The van der Waals surface area contributed by atoms with Crippen LogP contribution in [0.25, 0.3) is 0 Å². The zero-order valence-electron chi connectivity index (χ0n) is 15.1. The molecule has 2 aliphatic heterocycles. The van der Waals surface area contributed by atoms with Crippen LogP contribution >= 0.6 is 7.14 Å². The summed E-state index contributed by atoms with van der Waals surface area (Å²) in [4.78, 5) is 6.26. The van der Waals surface area contributed by atoms with E-state index >= 15 is 0 Å². The highest BCUT2D eigenvalue weighted by Gasteiger charge is 2.58. The third kappa shape index (κ3) is 2.61. The predicted molar refractivity (Wildman–Crippen MR) is 103 cm³/mol. The van der Waals surface area contributed by atoms with E-state index in [1.165, 1.54) is 0 Å². The molecule has 0 saturated carbocycles. The lowest BCUT2D eigenvalue weighted by Crippen LogP contribution is -2.41. The summed E-state index contributed by atoms with van der Waals surface area (Å²) in [5, 5.41) is 4.02. The topological polar surface area (TPSA) is 29.5 Å². The Balaban J connectivity index is 1.87. The standard InChI is InChI=1S/C21H26NO2P/c1-16-20(19-14-15-21(2,3)22(19)24-16)25(23,17-10-6-4-7-11-17)18-12-8-5-9-13-18/h4-13,16,19-20H,14-15H2,1-3H3/t16-,19-,20+/m1/s1. The molecule has 2 fully saturated rings. The fourth-order valence-electron chi connectivity index (χ4n) is 4.59. The maximum absolute atomic E-state index is 14.7. The van der Waals surface area contributed by atoms with Crippen LogP contribution in [-0.2, 0) is 9.40 Å². The maximum Gasteiger partial charge on any atom is 0.150 e. The van der Waals surface area contributed by atoms with Crippen molar-refractivity contribution in [1.82, 2.24) is 5.06 Å². The van der Waals surface area contributed by atoms with Crippen LogP contribution in [-0.4, -0.2) is 28.4 Å². The van der Waals surface area contributed by atoms with E-state index < -0.39 is 7.14 Å². The minimum atomic E-state index is -2.82. The maximum atomic E-state index is 14.7. The molecule has 0 spiro atoms. The Hall–Kier alpha value is -1.41. The second-order valence-electron chi connectivity index (χ2n) is 7.87. The van der Waals surface area contributed by atoms with Crippen molar-refractivity contribution in [2.24, 2.45) is 0 Å². The fraction of sp³-hybridized carbons (Fsp3) is 0.429. The normalized spacial score (nSPS) is 28.8. The number of benzene rings is 2. The van der Waals surface area contributed by atoms with Gasteiger partial charge in [-0.2, -0.15) is 5.06 Å². The van der Waals surface area contributed by atoms with Crippen LogP contribution in [0.4, 0.5) is 0 Å². The van der Waals surface area contributed by atoms with Crippen LogP contribution in [0.3, 0.4) is 0 Å². The van der Waals surface area contributed by atoms with Gasteiger partial charge in [0.25, 0.3) is 0 Å². The third-order valence-electron chi connectivity index (χ3n) is 5.80. The molecule has 2 heterocycles. The first kappa shape index (κ1) is 17.0. The highest BCUT2D eigenvalue weighted by molar-refractivity contribution is 7.79. The molecule has 0 bridgehead atoms. The average Bonchev–Trinajstić information content (AvgIpc) is 3.12. The monoisotopic (exact) mass is 355 g/mol. The second-order valence-corrected chi connectivity index (χ2v) is 10.8. The molecule has 0 unspecified atom stereocenters. The lowest BCUT2D eigenvalue weighted by molar-refractivity contribution is -0.193. The third-order valence-corrected chi connectivity index (χ3v) is 9.54. The number of rotatable bonds is 3. The summed E-state index contributed by atoms with van der Waals surface area (Å²) in [6, 6.07) is 20.2. The Bertz CT molecular complexity index is 747. The first-order valence-corrected chi connectivity index (χ1v) is 10.9. The molecule has 132 valence electrons. The smallest absolute Gasteiger partial charge is 0.150 e. The van der Waals surface area contributed by atoms with Gasteiger partial charge in [-0.3, -0.25) is 4.84 Å². The summed E-state index contributed by atoms with van der Waals surface area (Å²) in [5.74, 6) is 0. The first-order valence-electron chi connectivity index (χ1n) is 9.12. The Morgan fingerprint density at radius 3 is 2.04 bits per heavy atom. The lowest BCUT2D eigenvalue weighted by Gasteiger charge is -2.31. The molecule has 4 heteroatoms. The van der Waals surface area contributed by atoms with Crippen molar-refractivity contribution >= 4 is 17.8 Å². The van der Waals surface area contributed by atoms with Crippen molar-refractivity contribution in [3.8, 4) is 0 Å². The Morgan fingerprint density at radius 2 is 1.52 bits per heavy atom. The molecule has 3 nitrogen and oxygen atoms in total. The molecular formula is C21H26NO2P. The zero-order chi connectivity index (χ0) is 17.7. The minimum Gasteiger partial charge on any atom is -0.313 e. The van der Waals surface area contributed by atoms with E-state index in [1.807, 2.05) is 60.7 Å². The van der Waals surface area contributed by atoms with Gasteiger partial charge in [0.2, 0.25) is 0 Å². The van der Waals surface area contributed by atoms with Gasteiger partial charge in [-0.05, 0) is 33.6 Å². The van der Waals surface area contributed by atoms with Gasteiger partial charge >= 0.3 is 0 Å². The summed E-state index contributed by atoms with van der Waals surface area (Å²) in [6.07, 6.45) is 2.05. The van der Waals surface area contributed by atoms with Crippen LogP contribution in [0.5, 0.6) is 0 Å². The summed E-state index contributed by atoms with van der Waals surface area (Å²) in [6.45, 7) is 6.52. The molecule has 0 aliphatic carbocycles. The Labute approximate surface area is 150 Å². The molecule has 0 amide bonds. The highest BCUT2D eigenvalue weighted by Crippen LogP contribution is 2.58. The average molecular weight is 355 g/mol.